The van der Waals surface area contributed by atoms with Gasteiger partial charge in [-0.05, 0) is 12.8 Å². The third-order valence-corrected chi connectivity index (χ3v) is 3.64. The van der Waals surface area contributed by atoms with E-state index in [2.05, 4.69) is 0 Å². The van der Waals surface area contributed by atoms with Crippen molar-refractivity contribution in [2.45, 2.75) is 56.4 Å². The van der Waals surface area contributed by atoms with Gasteiger partial charge in [-0.25, -0.2) is 0 Å². The molecule has 19 heavy (non-hydrogen) atoms. The molecule has 112 valence electrons. The quantitative estimate of drug-likeness (QED) is 0.501. The van der Waals surface area contributed by atoms with Gasteiger partial charge in [-0.3, -0.25) is 4.84 Å². The molecular formula is C12H23NO6. The first kappa shape index (κ1) is 15.1. The Labute approximate surface area is 112 Å². The Hall–Kier alpha value is -0.280. The fraction of sp³-hybridized carbons (Fsp3) is 1.00. The maximum atomic E-state index is 9.85. The van der Waals surface area contributed by atoms with Gasteiger partial charge in [0, 0.05) is 13.1 Å². The molecule has 2 heterocycles. The van der Waals surface area contributed by atoms with Crippen LogP contribution >= 0.6 is 0 Å². The summed E-state index contributed by atoms with van der Waals surface area (Å²) in [7, 11) is 0. The molecule has 0 aliphatic carbocycles. The van der Waals surface area contributed by atoms with E-state index in [0.29, 0.717) is 0 Å². The number of aliphatic hydroxyl groups is 4. The normalized spacial score (nSPS) is 39.2. The standard InChI is InChI=1S/C12H23NO6/c14-7-8(15)11-9(16)10(17)12(18-11)19-13-5-3-1-2-4-6-13/h8-12,14-17H,1-7H2/t8-,9+,10+,11+,12+/m0/s1. The molecule has 7 nitrogen and oxygen atoms in total. The molecule has 2 saturated heterocycles. The topological polar surface area (TPSA) is 103 Å². The molecule has 0 amide bonds. The zero-order valence-corrected chi connectivity index (χ0v) is 10.9. The van der Waals surface area contributed by atoms with Crippen LogP contribution in [0.25, 0.3) is 0 Å². The molecule has 0 unspecified atom stereocenters. The van der Waals surface area contributed by atoms with E-state index in [4.69, 9.17) is 14.7 Å². The molecule has 0 aromatic carbocycles. The van der Waals surface area contributed by atoms with Gasteiger partial charge in [0.1, 0.15) is 24.4 Å². The lowest BCUT2D eigenvalue weighted by Gasteiger charge is -2.25. The van der Waals surface area contributed by atoms with Gasteiger partial charge in [0.05, 0.1) is 6.61 Å². The number of aliphatic hydroxyl groups excluding tert-OH is 4. The summed E-state index contributed by atoms with van der Waals surface area (Å²) >= 11 is 0. The van der Waals surface area contributed by atoms with Crippen molar-refractivity contribution in [2.75, 3.05) is 19.7 Å². The molecule has 4 N–H and O–H groups in total. The van der Waals surface area contributed by atoms with Crippen LogP contribution in [0.4, 0.5) is 0 Å². The summed E-state index contributed by atoms with van der Waals surface area (Å²) in [5.41, 5.74) is 0. The second-order valence-electron chi connectivity index (χ2n) is 5.15. The minimum Gasteiger partial charge on any atom is -0.394 e. The highest BCUT2D eigenvalue weighted by Gasteiger charge is 2.47. The van der Waals surface area contributed by atoms with E-state index < -0.39 is 37.3 Å². The molecular weight excluding hydrogens is 254 g/mol. The number of ether oxygens (including phenoxy) is 1. The van der Waals surface area contributed by atoms with Gasteiger partial charge in [0.2, 0.25) is 6.29 Å². The summed E-state index contributed by atoms with van der Waals surface area (Å²) < 4.78 is 5.31. The fourth-order valence-corrected chi connectivity index (χ4v) is 2.47. The highest BCUT2D eigenvalue weighted by molar-refractivity contribution is 4.90. The molecule has 2 aliphatic heterocycles. The number of nitrogens with zero attached hydrogens (tertiary/aromatic N) is 1. The molecule has 0 bridgehead atoms. The van der Waals surface area contributed by atoms with Gasteiger partial charge in [0.25, 0.3) is 0 Å². The summed E-state index contributed by atoms with van der Waals surface area (Å²) in [6.45, 7) is 0.983. The van der Waals surface area contributed by atoms with Crippen LogP contribution in [-0.4, -0.2) is 75.9 Å². The van der Waals surface area contributed by atoms with E-state index in [1.165, 1.54) is 0 Å². The number of hydrogen-bond acceptors (Lipinski definition) is 7. The van der Waals surface area contributed by atoms with Crippen molar-refractivity contribution >= 4 is 0 Å². The lowest BCUT2D eigenvalue weighted by molar-refractivity contribution is -0.294. The SMILES string of the molecule is OC[C@H](O)[C@H]1O[C@H](ON2CCCCCC2)[C@H](O)[C@H]1O. The predicted molar refractivity (Wildman–Crippen MR) is 64.9 cm³/mol. The second-order valence-corrected chi connectivity index (χ2v) is 5.15. The van der Waals surface area contributed by atoms with Crippen LogP contribution in [0.2, 0.25) is 0 Å². The van der Waals surface area contributed by atoms with Gasteiger partial charge in [-0.2, -0.15) is 5.06 Å². The Kier molecular flexibility index (Phi) is 5.52. The van der Waals surface area contributed by atoms with E-state index in [-0.39, 0.29) is 0 Å². The zero-order valence-electron chi connectivity index (χ0n) is 10.9. The first-order valence-electron chi connectivity index (χ1n) is 6.85. The lowest BCUT2D eigenvalue weighted by Crippen LogP contribution is -2.41. The van der Waals surface area contributed by atoms with Crippen LogP contribution in [0.3, 0.4) is 0 Å². The van der Waals surface area contributed by atoms with Crippen molar-refractivity contribution in [3.05, 3.63) is 0 Å². The van der Waals surface area contributed by atoms with Crippen molar-refractivity contribution in [3.63, 3.8) is 0 Å². The highest BCUT2D eigenvalue weighted by Crippen LogP contribution is 2.26. The fourth-order valence-electron chi connectivity index (χ4n) is 2.47. The number of hydroxylamine groups is 2. The minimum atomic E-state index is -1.26. The van der Waals surface area contributed by atoms with Crippen molar-refractivity contribution in [2.24, 2.45) is 0 Å². The van der Waals surface area contributed by atoms with E-state index in [0.717, 1.165) is 38.8 Å². The van der Waals surface area contributed by atoms with Gasteiger partial charge in [-0.1, -0.05) is 12.8 Å². The largest absolute Gasteiger partial charge is 0.394 e. The summed E-state index contributed by atoms with van der Waals surface area (Å²) in [6, 6.07) is 0. The van der Waals surface area contributed by atoms with E-state index >= 15 is 0 Å². The first-order valence-corrected chi connectivity index (χ1v) is 6.85. The maximum absolute atomic E-state index is 9.85. The van der Waals surface area contributed by atoms with Crippen molar-refractivity contribution < 1.29 is 30.0 Å². The molecule has 0 spiro atoms. The monoisotopic (exact) mass is 277 g/mol. The average molecular weight is 277 g/mol. The van der Waals surface area contributed by atoms with E-state index in [9.17, 15) is 15.3 Å². The Balaban J connectivity index is 1.89. The first-order chi connectivity index (χ1) is 9.13. The molecule has 2 rings (SSSR count). The van der Waals surface area contributed by atoms with Crippen molar-refractivity contribution in [1.82, 2.24) is 5.06 Å². The van der Waals surface area contributed by atoms with Crippen molar-refractivity contribution in [1.29, 1.82) is 0 Å². The van der Waals surface area contributed by atoms with Gasteiger partial charge < -0.3 is 25.2 Å². The third kappa shape index (κ3) is 3.63. The molecule has 0 aromatic heterocycles. The Morgan fingerprint density at radius 1 is 1.11 bits per heavy atom. The minimum absolute atomic E-state index is 0.537. The lowest BCUT2D eigenvalue weighted by atomic mass is 10.1. The number of rotatable bonds is 4. The number of hydrogen-bond donors (Lipinski definition) is 4. The summed E-state index contributed by atoms with van der Waals surface area (Å²) in [6.07, 6.45) is -1.40. The summed E-state index contributed by atoms with van der Waals surface area (Å²) in [5, 5.41) is 39.7. The van der Waals surface area contributed by atoms with Crippen LogP contribution in [0.1, 0.15) is 25.7 Å². The van der Waals surface area contributed by atoms with Crippen molar-refractivity contribution in [3.8, 4) is 0 Å². The third-order valence-electron chi connectivity index (χ3n) is 3.64. The molecule has 0 radical (unpaired) electrons. The van der Waals surface area contributed by atoms with Crippen LogP contribution < -0.4 is 0 Å². The Morgan fingerprint density at radius 2 is 1.74 bits per heavy atom. The molecule has 0 saturated carbocycles. The van der Waals surface area contributed by atoms with Crippen LogP contribution in [-0.2, 0) is 9.57 Å². The summed E-state index contributed by atoms with van der Waals surface area (Å²) in [5.74, 6) is 0. The predicted octanol–water partition coefficient (Wildman–Crippen LogP) is -1.41. The van der Waals surface area contributed by atoms with Crippen LogP contribution in [0.15, 0.2) is 0 Å². The van der Waals surface area contributed by atoms with Crippen LogP contribution in [0.5, 0.6) is 0 Å². The molecule has 0 aromatic rings. The highest BCUT2D eigenvalue weighted by atomic mass is 16.8. The zero-order chi connectivity index (χ0) is 13.8. The van der Waals surface area contributed by atoms with E-state index in [1.54, 1.807) is 5.06 Å². The van der Waals surface area contributed by atoms with Crippen LogP contribution in [0, 0.1) is 0 Å². The van der Waals surface area contributed by atoms with Gasteiger partial charge >= 0.3 is 0 Å². The Bertz CT molecular complexity index is 271. The van der Waals surface area contributed by atoms with Gasteiger partial charge in [-0.15, -0.1) is 0 Å². The average Bonchev–Trinajstić information content (AvgIpc) is 2.64. The van der Waals surface area contributed by atoms with E-state index in [1.807, 2.05) is 0 Å². The molecule has 7 heteroatoms. The maximum Gasteiger partial charge on any atom is 0.206 e. The smallest absolute Gasteiger partial charge is 0.206 e. The molecule has 2 fully saturated rings. The van der Waals surface area contributed by atoms with Gasteiger partial charge in [0.15, 0.2) is 0 Å². The summed E-state index contributed by atoms with van der Waals surface area (Å²) in [4.78, 5) is 5.55. The second kappa shape index (κ2) is 6.94. The molecule has 5 atom stereocenters. The Morgan fingerprint density at radius 3 is 2.32 bits per heavy atom. The molecule has 2 aliphatic rings.